The van der Waals surface area contributed by atoms with Crippen molar-refractivity contribution < 1.29 is 24.9 Å². The van der Waals surface area contributed by atoms with E-state index in [0.29, 0.717) is 18.5 Å². The van der Waals surface area contributed by atoms with Crippen molar-refractivity contribution in [3.8, 4) is 11.5 Å². The molecular weight excluding hydrogens is 276 g/mol. The van der Waals surface area contributed by atoms with E-state index >= 15 is 0 Å². The van der Waals surface area contributed by atoms with Gasteiger partial charge < -0.3 is 26.0 Å². The van der Waals surface area contributed by atoms with Gasteiger partial charge in [-0.05, 0) is 24.1 Å². The number of carbonyl (C=O) groups excluding carboxylic acids is 1. The van der Waals surface area contributed by atoms with E-state index in [9.17, 15) is 19.8 Å². The van der Waals surface area contributed by atoms with Crippen molar-refractivity contribution in [2.45, 2.75) is 18.9 Å². The third-order valence-corrected chi connectivity index (χ3v) is 2.72. The number of aliphatic carboxylic acids is 1. The molecule has 114 valence electrons. The predicted molar refractivity (Wildman–Crippen MR) is 76.2 cm³/mol. The molecule has 0 aliphatic heterocycles. The Kier molecular flexibility index (Phi) is 6.06. The van der Waals surface area contributed by atoms with Crippen LogP contribution in [0.5, 0.6) is 11.5 Å². The summed E-state index contributed by atoms with van der Waals surface area (Å²) in [6.07, 6.45) is 2.20. The molecular formula is C14H18N2O5. The smallest absolute Gasteiger partial charge is 0.326 e. The van der Waals surface area contributed by atoms with Crippen molar-refractivity contribution in [1.82, 2.24) is 10.6 Å². The van der Waals surface area contributed by atoms with E-state index in [1.54, 1.807) is 6.08 Å². The van der Waals surface area contributed by atoms with E-state index in [1.807, 2.05) is 0 Å². The number of phenols is 2. The highest BCUT2D eigenvalue weighted by atomic mass is 16.4. The molecule has 0 aromatic heterocycles. The quantitative estimate of drug-likeness (QED) is 0.292. The second-order valence-corrected chi connectivity index (χ2v) is 4.40. The topological polar surface area (TPSA) is 119 Å². The van der Waals surface area contributed by atoms with Crippen LogP contribution in [0.1, 0.15) is 12.0 Å². The summed E-state index contributed by atoms with van der Waals surface area (Å²) in [4.78, 5) is 22.7. The van der Waals surface area contributed by atoms with Gasteiger partial charge >= 0.3 is 12.0 Å². The molecule has 21 heavy (non-hydrogen) atoms. The van der Waals surface area contributed by atoms with Crippen molar-refractivity contribution in [2.75, 3.05) is 6.54 Å². The largest absolute Gasteiger partial charge is 0.504 e. The van der Waals surface area contributed by atoms with Crippen LogP contribution in [0.2, 0.25) is 0 Å². The van der Waals surface area contributed by atoms with Gasteiger partial charge in [0.15, 0.2) is 11.5 Å². The Bertz CT molecular complexity index is 530. The van der Waals surface area contributed by atoms with Gasteiger partial charge in [0.05, 0.1) is 0 Å². The third kappa shape index (κ3) is 5.43. The highest BCUT2D eigenvalue weighted by molar-refractivity contribution is 5.82. The average molecular weight is 294 g/mol. The lowest BCUT2D eigenvalue weighted by molar-refractivity contribution is -0.139. The fraction of sp³-hybridized carbons (Fsp3) is 0.286. The third-order valence-electron chi connectivity index (χ3n) is 2.72. The zero-order valence-electron chi connectivity index (χ0n) is 11.4. The minimum atomic E-state index is -1.19. The molecule has 0 saturated carbocycles. The Morgan fingerprint density at radius 3 is 2.57 bits per heavy atom. The lowest BCUT2D eigenvalue weighted by Crippen LogP contribution is -2.47. The zero-order valence-corrected chi connectivity index (χ0v) is 11.4. The molecule has 2 amide bonds. The van der Waals surface area contributed by atoms with Crippen LogP contribution in [0, 0.1) is 0 Å². The molecule has 0 radical (unpaired) electrons. The first-order chi connectivity index (χ1) is 9.93. The Morgan fingerprint density at radius 1 is 1.29 bits per heavy atom. The zero-order chi connectivity index (χ0) is 15.8. The maximum absolute atomic E-state index is 11.5. The van der Waals surface area contributed by atoms with Gasteiger partial charge in [-0.2, -0.15) is 0 Å². The van der Waals surface area contributed by atoms with Crippen molar-refractivity contribution in [1.29, 1.82) is 0 Å². The number of nitrogens with one attached hydrogen (secondary N) is 2. The molecule has 5 N–H and O–H groups in total. The Hall–Kier alpha value is -2.70. The first kappa shape index (κ1) is 16.4. The van der Waals surface area contributed by atoms with E-state index in [-0.39, 0.29) is 17.9 Å². The molecule has 0 heterocycles. The number of benzene rings is 1. The highest BCUT2D eigenvalue weighted by Gasteiger charge is 2.20. The number of hydrogen-bond acceptors (Lipinski definition) is 4. The van der Waals surface area contributed by atoms with Gasteiger partial charge in [0.2, 0.25) is 0 Å². The normalized spacial score (nSPS) is 11.4. The summed E-state index contributed by atoms with van der Waals surface area (Å²) in [5, 5.41) is 32.5. The van der Waals surface area contributed by atoms with Crippen molar-refractivity contribution in [3.05, 3.63) is 36.4 Å². The number of amides is 2. The maximum Gasteiger partial charge on any atom is 0.326 e. The number of carboxylic acids is 1. The van der Waals surface area contributed by atoms with Gasteiger partial charge in [0.1, 0.15) is 6.04 Å². The summed E-state index contributed by atoms with van der Waals surface area (Å²) in [5.41, 5.74) is 0.476. The first-order valence-corrected chi connectivity index (χ1v) is 6.33. The van der Waals surface area contributed by atoms with E-state index in [2.05, 4.69) is 17.2 Å². The molecule has 1 aromatic rings. The van der Waals surface area contributed by atoms with E-state index in [0.717, 1.165) is 0 Å². The second-order valence-electron chi connectivity index (χ2n) is 4.40. The Balaban J connectivity index is 2.65. The molecule has 0 saturated heterocycles. The van der Waals surface area contributed by atoms with Gasteiger partial charge in [-0.15, -0.1) is 6.58 Å². The lowest BCUT2D eigenvalue weighted by Gasteiger charge is -2.15. The predicted octanol–water partition coefficient (Wildman–Crippen LogP) is 0.969. The molecule has 0 aliphatic carbocycles. The summed E-state index contributed by atoms with van der Waals surface area (Å²) in [6.45, 7) is 3.87. The van der Waals surface area contributed by atoms with Gasteiger partial charge in [-0.3, -0.25) is 0 Å². The lowest BCUT2D eigenvalue weighted by atomic mass is 10.1. The van der Waals surface area contributed by atoms with Gasteiger partial charge in [-0.1, -0.05) is 12.1 Å². The molecule has 1 rings (SSSR count). The number of phenolic OH excluding ortho intramolecular Hbond substituents is 2. The number of aromatic hydroxyl groups is 2. The summed E-state index contributed by atoms with van der Waals surface area (Å²) in [7, 11) is 0. The summed E-state index contributed by atoms with van der Waals surface area (Å²) in [6, 6.07) is 2.25. The number of urea groups is 1. The van der Waals surface area contributed by atoms with Gasteiger partial charge in [0.25, 0.3) is 0 Å². The maximum atomic E-state index is 11.5. The van der Waals surface area contributed by atoms with Crippen LogP contribution in [-0.4, -0.2) is 39.9 Å². The number of carboxylic acid groups (broad SMARTS) is 1. The fourth-order valence-electron chi connectivity index (χ4n) is 1.63. The average Bonchev–Trinajstić information content (AvgIpc) is 2.42. The van der Waals surface area contributed by atoms with Crippen molar-refractivity contribution >= 4 is 12.0 Å². The van der Waals surface area contributed by atoms with E-state index in [1.165, 1.54) is 18.2 Å². The number of carbonyl (C=O) groups is 2. The second kappa shape index (κ2) is 7.78. The molecule has 1 atom stereocenters. The molecule has 0 aliphatic rings. The minimum absolute atomic E-state index is 0.0158. The van der Waals surface area contributed by atoms with E-state index < -0.39 is 18.0 Å². The standard InChI is InChI=1S/C14H18N2O5/c1-2-3-6-15-14(21)16-10(13(19)20)7-9-4-5-11(17)12(18)8-9/h2,4-5,8,10,17-18H,1,3,6-7H2,(H,19,20)(H2,15,16,21). The van der Waals surface area contributed by atoms with Crippen LogP contribution in [-0.2, 0) is 11.2 Å². The highest BCUT2D eigenvalue weighted by Crippen LogP contribution is 2.25. The van der Waals surface area contributed by atoms with Crippen LogP contribution >= 0.6 is 0 Å². The van der Waals surface area contributed by atoms with Crippen LogP contribution in [0.15, 0.2) is 30.9 Å². The molecule has 0 bridgehead atoms. The Labute approximate surface area is 121 Å². The molecule has 1 aromatic carbocycles. The SMILES string of the molecule is C=CCCNC(=O)NC(Cc1ccc(O)c(O)c1)C(=O)O. The summed E-state index contributed by atoms with van der Waals surface area (Å²) >= 11 is 0. The fourth-order valence-corrected chi connectivity index (χ4v) is 1.63. The van der Waals surface area contributed by atoms with E-state index in [4.69, 9.17) is 5.11 Å². The number of hydrogen-bond donors (Lipinski definition) is 5. The van der Waals surface area contributed by atoms with Gasteiger partial charge in [0, 0.05) is 13.0 Å². The van der Waals surface area contributed by atoms with Crippen LogP contribution in [0.25, 0.3) is 0 Å². The summed E-state index contributed by atoms with van der Waals surface area (Å²) in [5.74, 6) is -1.82. The Morgan fingerprint density at radius 2 is 2.00 bits per heavy atom. The molecule has 0 fully saturated rings. The van der Waals surface area contributed by atoms with Crippen molar-refractivity contribution in [2.24, 2.45) is 0 Å². The van der Waals surface area contributed by atoms with Crippen LogP contribution in [0.4, 0.5) is 4.79 Å². The molecule has 7 nitrogen and oxygen atoms in total. The first-order valence-electron chi connectivity index (χ1n) is 6.33. The van der Waals surface area contributed by atoms with Crippen molar-refractivity contribution in [3.63, 3.8) is 0 Å². The van der Waals surface area contributed by atoms with Crippen LogP contribution in [0.3, 0.4) is 0 Å². The number of rotatable bonds is 7. The molecule has 0 spiro atoms. The molecule has 1 unspecified atom stereocenters. The molecule has 7 heteroatoms. The summed E-state index contributed by atoms with van der Waals surface area (Å²) < 4.78 is 0. The van der Waals surface area contributed by atoms with Gasteiger partial charge in [-0.25, -0.2) is 9.59 Å². The van der Waals surface area contributed by atoms with Crippen LogP contribution < -0.4 is 10.6 Å². The minimum Gasteiger partial charge on any atom is -0.504 e. The monoisotopic (exact) mass is 294 g/mol.